The fourth-order valence-electron chi connectivity index (χ4n) is 1.91. The van der Waals surface area contributed by atoms with E-state index in [1.165, 1.54) is 16.8 Å². The quantitative estimate of drug-likeness (QED) is 0.842. The van der Waals surface area contributed by atoms with E-state index in [9.17, 15) is 14.0 Å². The lowest BCUT2D eigenvalue weighted by molar-refractivity contribution is 0.0936. The Balaban J connectivity index is 2.64. The topological polar surface area (TPSA) is 84.2 Å². The second kappa shape index (κ2) is 5.79. The van der Waals surface area contributed by atoms with Gasteiger partial charge in [-0.2, -0.15) is 5.10 Å². The number of fused-ring (bicyclic) bond motifs is 1. The fourth-order valence-corrected chi connectivity index (χ4v) is 1.91. The molecule has 0 radical (unpaired) electrons. The molecule has 0 aliphatic heterocycles. The van der Waals surface area contributed by atoms with Gasteiger partial charge < -0.3 is 10.4 Å². The van der Waals surface area contributed by atoms with Crippen molar-refractivity contribution in [3.63, 3.8) is 0 Å². The van der Waals surface area contributed by atoms with E-state index >= 15 is 0 Å². The van der Waals surface area contributed by atoms with Gasteiger partial charge in [0.05, 0.1) is 17.5 Å². The molecular formula is C13H14FN3O3. The maximum absolute atomic E-state index is 13.3. The SMILES string of the molecule is CCn1nc(C(=O)NCCO)c(=O)c2cc(F)ccc21. The summed E-state index contributed by atoms with van der Waals surface area (Å²) in [4.78, 5) is 24.0. The van der Waals surface area contributed by atoms with Crippen LogP contribution in [0.5, 0.6) is 0 Å². The third-order valence-electron chi connectivity index (χ3n) is 2.83. The molecule has 1 heterocycles. The Kier molecular flexibility index (Phi) is 4.09. The number of aromatic nitrogens is 2. The van der Waals surface area contributed by atoms with Crippen molar-refractivity contribution in [1.82, 2.24) is 15.1 Å². The Hall–Kier alpha value is -2.28. The van der Waals surface area contributed by atoms with E-state index in [0.29, 0.717) is 12.1 Å². The number of halogens is 1. The first kappa shape index (κ1) is 14.1. The molecule has 0 unspecified atom stereocenters. The summed E-state index contributed by atoms with van der Waals surface area (Å²) in [6.45, 7) is 2.02. The highest BCUT2D eigenvalue weighted by atomic mass is 19.1. The van der Waals surface area contributed by atoms with Crippen LogP contribution in [0.2, 0.25) is 0 Å². The summed E-state index contributed by atoms with van der Waals surface area (Å²) in [7, 11) is 0. The largest absolute Gasteiger partial charge is 0.395 e. The fraction of sp³-hybridized carbons (Fsp3) is 0.308. The number of carbonyl (C=O) groups is 1. The smallest absolute Gasteiger partial charge is 0.275 e. The molecule has 0 bridgehead atoms. The van der Waals surface area contributed by atoms with Crippen LogP contribution < -0.4 is 10.7 Å². The van der Waals surface area contributed by atoms with Crippen LogP contribution in [0.4, 0.5) is 4.39 Å². The zero-order chi connectivity index (χ0) is 14.7. The molecule has 106 valence electrons. The number of carbonyl (C=O) groups excluding carboxylic acids is 1. The average Bonchev–Trinajstić information content (AvgIpc) is 2.45. The van der Waals surface area contributed by atoms with Crippen LogP contribution in [-0.4, -0.2) is 33.9 Å². The van der Waals surface area contributed by atoms with Gasteiger partial charge in [0.2, 0.25) is 5.43 Å². The van der Waals surface area contributed by atoms with Crippen molar-refractivity contribution >= 4 is 16.8 Å². The first-order chi connectivity index (χ1) is 9.58. The molecule has 0 spiro atoms. The van der Waals surface area contributed by atoms with Crippen LogP contribution in [0.15, 0.2) is 23.0 Å². The molecule has 0 aliphatic rings. The van der Waals surface area contributed by atoms with Crippen molar-refractivity contribution in [3.8, 4) is 0 Å². The summed E-state index contributed by atoms with van der Waals surface area (Å²) in [6.07, 6.45) is 0. The van der Waals surface area contributed by atoms with E-state index in [1.54, 1.807) is 6.92 Å². The summed E-state index contributed by atoms with van der Waals surface area (Å²) in [5.74, 6) is -1.23. The van der Waals surface area contributed by atoms with Gasteiger partial charge in [-0.25, -0.2) is 4.39 Å². The zero-order valence-electron chi connectivity index (χ0n) is 10.9. The lowest BCUT2D eigenvalue weighted by Crippen LogP contribution is -2.33. The number of hydrogen-bond donors (Lipinski definition) is 2. The predicted octanol–water partition coefficient (Wildman–Crippen LogP) is 0.278. The number of aliphatic hydroxyl groups is 1. The van der Waals surface area contributed by atoms with E-state index in [0.717, 1.165) is 6.07 Å². The minimum atomic E-state index is -0.683. The maximum Gasteiger partial charge on any atom is 0.275 e. The molecule has 20 heavy (non-hydrogen) atoms. The molecule has 1 aromatic carbocycles. The Morgan fingerprint density at radius 2 is 2.25 bits per heavy atom. The summed E-state index contributed by atoms with van der Waals surface area (Å²) in [5, 5.41) is 15.1. The van der Waals surface area contributed by atoms with Gasteiger partial charge in [-0.05, 0) is 25.1 Å². The predicted molar refractivity (Wildman–Crippen MR) is 71.1 cm³/mol. The molecule has 1 amide bonds. The minimum absolute atomic E-state index is 0.0211. The van der Waals surface area contributed by atoms with Crippen LogP contribution in [0.3, 0.4) is 0 Å². The zero-order valence-corrected chi connectivity index (χ0v) is 10.9. The van der Waals surface area contributed by atoms with Gasteiger partial charge in [-0.1, -0.05) is 0 Å². The summed E-state index contributed by atoms with van der Waals surface area (Å²) in [5.41, 5.74) is -0.462. The highest BCUT2D eigenvalue weighted by Gasteiger charge is 2.17. The summed E-state index contributed by atoms with van der Waals surface area (Å²) in [6, 6.07) is 3.79. The number of amides is 1. The molecule has 2 rings (SSSR count). The van der Waals surface area contributed by atoms with Crippen molar-refractivity contribution < 1.29 is 14.3 Å². The molecule has 0 atom stereocenters. The molecule has 0 saturated carbocycles. The van der Waals surface area contributed by atoms with Crippen LogP contribution in [0, 0.1) is 5.82 Å². The van der Waals surface area contributed by atoms with Crippen molar-refractivity contribution in [2.24, 2.45) is 0 Å². The number of nitrogens with one attached hydrogen (secondary N) is 1. The molecule has 0 fully saturated rings. The third kappa shape index (κ3) is 2.53. The minimum Gasteiger partial charge on any atom is -0.395 e. The van der Waals surface area contributed by atoms with Crippen molar-refractivity contribution in [3.05, 3.63) is 39.9 Å². The summed E-state index contributed by atoms with van der Waals surface area (Å²) >= 11 is 0. The average molecular weight is 279 g/mol. The molecule has 6 nitrogen and oxygen atoms in total. The third-order valence-corrected chi connectivity index (χ3v) is 2.83. The van der Waals surface area contributed by atoms with Gasteiger partial charge in [0.15, 0.2) is 5.69 Å². The van der Waals surface area contributed by atoms with Gasteiger partial charge in [0.25, 0.3) is 5.91 Å². The van der Waals surface area contributed by atoms with Gasteiger partial charge in [0.1, 0.15) is 5.82 Å². The first-order valence-corrected chi connectivity index (χ1v) is 6.18. The van der Waals surface area contributed by atoms with Gasteiger partial charge in [-0.3, -0.25) is 14.3 Å². The highest BCUT2D eigenvalue weighted by Crippen LogP contribution is 2.12. The molecule has 0 saturated heterocycles. The van der Waals surface area contributed by atoms with E-state index in [2.05, 4.69) is 10.4 Å². The van der Waals surface area contributed by atoms with E-state index in [4.69, 9.17) is 5.11 Å². The van der Waals surface area contributed by atoms with Gasteiger partial charge in [0, 0.05) is 13.1 Å². The number of aliphatic hydroxyl groups excluding tert-OH is 1. The van der Waals surface area contributed by atoms with Crippen LogP contribution in [-0.2, 0) is 6.54 Å². The second-order valence-electron chi connectivity index (χ2n) is 4.13. The first-order valence-electron chi connectivity index (χ1n) is 6.18. The molecule has 1 aromatic heterocycles. The molecule has 7 heteroatoms. The van der Waals surface area contributed by atoms with E-state index < -0.39 is 17.2 Å². The monoisotopic (exact) mass is 279 g/mol. The van der Waals surface area contributed by atoms with Crippen LogP contribution in [0.1, 0.15) is 17.4 Å². The van der Waals surface area contributed by atoms with Crippen molar-refractivity contribution in [1.29, 1.82) is 0 Å². The Bertz CT molecular complexity index is 712. The normalized spacial score (nSPS) is 10.8. The maximum atomic E-state index is 13.3. The van der Waals surface area contributed by atoms with Gasteiger partial charge >= 0.3 is 0 Å². The van der Waals surface area contributed by atoms with Crippen LogP contribution in [0.25, 0.3) is 10.9 Å². The van der Waals surface area contributed by atoms with Crippen molar-refractivity contribution in [2.75, 3.05) is 13.2 Å². The number of benzene rings is 1. The van der Waals surface area contributed by atoms with Gasteiger partial charge in [-0.15, -0.1) is 0 Å². The number of hydrogen-bond acceptors (Lipinski definition) is 4. The molecule has 0 aliphatic carbocycles. The molecular weight excluding hydrogens is 265 g/mol. The number of aryl methyl sites for hydroxylation is 1. The molecule has 2 N–H and O–H groups in total. The van der Waals surface area contributed by atoms with Crippen LogP contribution >= 0.6 is 0 Å². The van der Waals surface area contributed by atoms with E-state index in [-0.39, 0.29) is 24.2 Å². The second-order valence-corrected chi connectivity index (χ2v) is 4.13. The molecule has 2 aromatic rings. The Morgan fingerprint density at radius 3 is 2.90 bits per heavy atom. The Labute approximate surface area is 113 Å². The lowest BCUT2D eigenvalue weighted by Gasteiger charge is -2.10. The standard InChI is InChI=1S/C13H14FN3O3/c1-2-17-10-4-3-8(14)7-9(10)12(19)11(16-17)13(20)15-5-6-18/h3-4,7,18H,2,5-6H2,1H3,(H,15,20). The Morgan fingerprint density at radius 1 is 1.50 bits per heavy atom. The summed E-state index contributed by atoms with van der Waals surface area (Å²) < 4.78 is 14.7. The lowest BCUT2D eigenvalue weighted by atomic mass is 10.2. The van der Waals surface area contributed by atoms with E-state index in [1.807, 2.05) is 0 Å². The van der Waals surface area contributed by atoms with Crippen molar-refractivity contribution in [2.45, 2.75) is 13.5 Å². The number of rotatable bonds is 4. The highest BCUT2D eigenvalue weighted by molar-refractivity contribution is 5.95. The number of nitrogens with zero attached hydrogens (tertiary/aromatic N) is 2.